The minimum Gasteiger partial charge on any atom is -0.481 e. The van der Waals surface area contributed by atoms with Gasteiger partial charge >= 0.3 is 18.0 Å². The molecule has 0 saturated carbocycles. The maximum Gasteiger partial charge on any atom is 0.338 e. The molecule has 0 spiro atoms. The normalized spacial score (nSPS) is 20.5. The maximum absolute atomic E-state index is 14.0. The highest BCUT2D eigenvalue weighted by Gasteiger charge is 2.43. The minimum atomic E-state index is -1.02. The zero-order chi connectivity index (χ0) is 32.7. The molecule has 5 heterocycles. The van der Waals surface area contributed by atoms with Crippen LogP contribution in [0.2, 0.25) is 5.02 Å². The van der Waals surface area contributed by atoms with Crippen molar-refractivity contribution >= 4 is 52.6 Å². The number of hydrogen-bond donors (Lipinski definition) is 2. The van der Waals surface area contributed by atoms with Crippen molar-refractivity contribution in [3.8, 4) is 0 Å². The summed E-state index contributed by atoms with van der Waals surface area (Å²) in [7, 11) is 1.29. The van der Waals surface area contributed by atoms with Gasteiger partial charge in [0.15, 0.2) is 16.7 Å². The lowest BCUT2D eigenvalue weighted by Crippen LogP contribution is -2.53. The predicted octanol–water partition coefficient (Wildman–Crippen LogP) is 3.39. The number of amides is 2. The van der Waals surface area contributed by atoms with E-state index in [1.807, 2.05) is 10.3 Å². The topological polar surface area (TPSA) is 145 Å². The van der Waals surface area contributed by atoms with Gasteiger partial charge in [-0.05, 0) is 26.0 Å². The van der Waals surface area contributed by atoms with E-state index in [4.69, 9.17) is 21.3 Å². The molecule has 2 saturated heterocycles. The van der Waals surface area contributed by atoms with Crippen LogP contribution in [0.3, 0.4) is 0 Å². The van der Waals surface area contributed by atoms with Crippen molar-refractivity contribution in [2.24, 2.45) is 10.4 Å². The van der Waals surface area contributed by atoms with Gasteiger partial charge in [0.05, 0.1) is 37.2 Å². The number of halogens is 2. The summed E-state index contributed by atoms with van der Waals surface area (Å²) in [6.07, 6.45) is 3.33. The molecule has 3 aromatic rings. The number of nitrogens with zero attached hydrogens (tertiary/aromatic N) is 7. The van der Waals surface area contributed by atoms with Crippen molar-refractivity contribution in [2.75, 3.05) is 44.7 Å². The Hall–Kier alpha value is -4.34. The quantitative estimate of drug-likeness (QED) is 0.327. The molecular weight excluding hydrogens is 639 g/mol. The average molecular weight is 671 g/mol. The molecular formula is C30H32ClFN8O5S. The van der Waals surface area contributed by atoms with E-state index in [2.05, 4.69) is 20.3 Å². The van der Waals surface area contributed by atoms with Gasteiger partial charge in [0.2, 0.25) is 0 Å². The lowest BCUT2D eigenvalue weighted by Gasteiger charge is -2.38. The summed E-state index contributed by atoms with van der Waals surface area (Å²) in [6, 6.07) is 4.49. The molecule has 2 fully saturated rings. The maximum atomic E-state index is 14.0. The number of aliphatic carboxylic acids is 1. The number of nitrogens with one attached hydrogen (secondary N) is 1. The predicted molar refractivity (Wildman–Crippen MR) is 168 cm³/mol. The van der Waals surface area contributed by atoms with E-state index in [1.54, 1.807) is 41.9 Å². The van der Waals surface area contributed by atoms with Crippen molar-refractivity contribution in [2.45, 2.75) is 32.5 Å². The third-order valence-electron chi connectivity index (χ3n) is 8.28. The summed E-state index contributed by atoms with van der Waals surface area (Å²) in [5, 5.41) is 19.8. The molecule has 2 amide bonds. The lowest BCUT2D eigenvalue weighted by atomic mass is 9.94. The Morgan fingerprint density at radius 3 is 2.74 bits per heavy atom. The van der Waals surface area contributed by atoms with E-state index in [9.17, 15) is 23.9 Å². The number of thiazole rings is 1. The van der Waals surface area contributed by atoms with Gasteiger partial charge in [-0.1, -0.05) is 17.7 Å². The number of aliphatic imine (C=N–C) groups is 1. The van der Waals surface area contributed by atoms with Gasteiger partial charge in [-0.25, -0.2) is 19.0 Å². The number of benzene rings is 1. The molecule has 46 heavy (non-hydrogen) atoms. The Morgan fingerprint density at radius 1 is 1.24 bits per heavy atom. The smallest absolute Gasteiger partial charge is 0.338 e. The molecule has 0 unspecified atom stereocenters. The van der Waals surface area contributed by atoms with Crippen LogP contribution in [0.1, 0.15) is 30.5 Å². The second-order valence-corrected chi connectivity index (χ2v) is 13.2. The van der Waals surface area contributed by atoms with Crippen LogP contribution in [0.5, 0.6) is 0 Å². The largest absolute Gasteiger partial charge is 0.481 e. The standard InChI is InChI=1S/C30H32ClFN8O5S/c1-30(2,28(42)43)16-38-8-6-22(36-38)40-14-18-13-37(9-10-39(18)29(40)44)15-21-23(27(41)45-3)24(19-5-4-17(32)12-20(19)31)35-25(34-21)26-33-7-11-46-26/h4-8,11-12,18,24H,9-10,13-16H2,1-3H3,(H,34,35)(H,42,43)/t18-,24-/m0/s1. The van der Waals surface area contributed by atoms with Crippen LogP contribution >= 0.6 is 22.9 Å². The van der Waals surface area contributed by atoms with Gasteiger partial charge in [0.25, 0.3) is 0 Å². The highest BCUT2D eigenvalue weighted by molar-refractivity contribution is 7.11. The molecule has 242 valence electrons. The van der Waals surface area contributed by atoms with Gasteiger partial charge in [0.1, 0.15) is 11.9 Å². The first-order valence-corrected chi connectivity index (χ1v) is 15.8. The van der Waals surface area contributed by atoms with Gasteiger partial charge in [-0.2, -0.15) is 5.10 Å². The zero-order valence-corrected chi connectivity index (χ0v) is 26.9. The molecule has 0 aliphatic carbocycles. The van der Waals surface area contributed by atoms with E-state index >= 15 is 0 Å². The van der Waals surface area contributed by atoms with Gasteiger partial charge < -0.3 is 20.1 Å². The number of rotatable bonds is 9. The van der Waals surface area contributed by atoms with E-state index in [1.165, 1.54) is 36.6 Å². The Labute approximate surface area is 272 Å². The third kappa shape index (κ3) is 6.09. The number of aromatic nitrogens is 3. The third-order valence-corrected chi connectivity index (χ3v) is 9.39. The Kier molecular flexibility index (Phi) is 8.56. The van der Waals surface area contributed by atoms with Crippen molar-refractivity contribution in [3.63, 3.8) is 0 Å². The van der Waals surface area contributed by atoms with Crippen molar-refractivity contribution in [3.05, 3.63) is 74.7 Å². The summed E-state index contributed by atoms with van der Waals surface area (Å²) >= 11 is 7.85. The number of amidine groups is 1. The molecule has 1 aromatic carbocycles. The second-order valence-electron chi connectivity index (χ2n) is 11.9. The summed E-state index contributed by atoms with van der Waals surface area (Å²) in [6.45, 7) is 5.60. The second kappa shape index (κ2) is 12.5. The lowest BCUT2D eigenvalue weighted by molar-refractivity contribution is -0.147. The van der Waals surface area contributed by atoms with Crippen LogP contribution in [0.15, 0.2) is 58.3 Å². The molecule has 0 bridgehead atoms. The number of hydrogen-bond acceptors (Lipinski definition) is 10. The fourth-order valence-corrected chi connectivity index (χ4v) is 6.71. The SMILES string of the molecule is COC(=O)C1=C(CN2CCN3C(=O)N(c4ccn(CC(C)(C)C(=O)O)n4)C[C@@H]3C2)NC(c2nccs2)=N[C@H]1c1ccc(F)cc1Cl. The van der Waals surface area contributed by atoms with Gasteiger partial charge in [0, 0.05) is 66.3 Å². The van der Waals surface area contributed by atoms with Crippen LogP contribution in [0.4, 0.5) is 15.0 Å². The van der Waals surface area contributed by atoms with Gasteiger partial charge in [-0.15, -0.1) is 11.3 Å². The molecule has 2 atom stereocenters. The fourth-order valence-electron chi connectivity index (χ4n) is 5.85. The molecule has 2 aromatic heterocycles. The van der Waals surface area contributed by atoms with Crippen LogP contribution in [-0.4, -0.2) is 99.4 Å². The zero-order valence-electron chi connectivity index (χ0n) is 25.3. The first kappa shape index (κ1) is 31.6. The Morgan fingerprint density at radius 2 is 2.04 bits per heavy atom. The summed E-state index contributed by atoms with van der Waals surface area (Å²) in [4.78, 5) is 53.0. The first-order chi connectivity index (χ1) is 21.9. The number of carbonyl (C=O) groups excluding carboxylic acids is 2. The minimum absolute atomic E-state index is 0.127. The monoisotopic (exact) mass is 670 g/mol. The molecule has 6 rings (SSSR count). The molecule has 3 aliphatic heterocycles. The van der Waals surface area contributed by atoms with E-state index < -0.39 is 29.2 Å². The van der Waals surface area contributed by atoms with Gasteiger partial charge in [-0.3, -0.25) is 24.3 Å². The molecule has 13 nitrogen and oxygen atoms in total. The highest BCUT2D eigenvalue weighted by atomic mass is 35.5. The summed E-state index contributed by atoms with van der Waals surface area (Å²) in [5.41, 5.74) is 0.223. The Balaban J connectivity index is 1.25. The Bertz CT molecular complexity index is 1740. The van der Waals surface area contributed by atoms with E-state index in [0.717, 1.165) is 0 Å². The number of carboxylic acid groups (broad SMARTS) is 1. The van der Waals surface area contributed by atoms with E-state index in [0.29, 0.717) is 60.6 Å². The van der Waals surface area contributed by atoms with Crippen LogP contribution < -0.4 is 10.2 Å². The van der Waals surface area contributed by atoms with Crippen molar-refractivity contribution in [1.29, 1.82) is 0 Å². The van der Waals surface area contributed by atoms with Crippen LogP contribution in [-0.2, 0) is 20.9 Å². The number of esters is 1. The number of methoxy groups -OCH3 is 1. The summed E-state index contributed by atoms with van der Waals surface area (Å²) < 4.78 is 20.7. The molecule has 3 aliphatic rings. The number of anilines is 1. The molecule has 16 heteroatoms. The number of carboxylic acids is 1. The molecule has 2 N–H and O–H groups in total. The number of piperazine rings is 1. The number of ether oxygens (including phenoxy) is 1. The van der Waals surface area contributed by atoms with E-state index in [-0.39, 0.29) is 29.2 Å². The van der Waals surface area contributed by atoms with Crippen molar-refractivity contribution < 1.29 is 28.6 Å². The average Bonchev–Trinajstić information content (AvgIpc) is 3.77. The number of carbonyl (C=O) groups is 3. The number of fused-ring (bicyclic) bond motifs is 1. The van der Waals surface area contributed by atoms with Crippen LogP contribution in [0, 0.1) is 11.2 Å². The first-order valence-electron chi connectivity index (χ1n) is 14.5. The fraction of sp³-hybridized carbons (Fsp3) is 0.400. The van der Waals surface area contributed by atoms with Crippen molar-refractivity contribution in [1.82, 2.24) is 29.9 Å². The summed E-state index contributed by atoms with van der Waals surface area (Å²) in [5.74, 6) is -1.14. The van der Waals surface area contributed by atoms with Crippen LogP contribution in [0.25, 0.3) is 0 Å². The highest BCUT2D eigenvalue weighted by Crippen LogP contribution is 2.37. The number of urea groups is 1. The molecule has 0 radical (unpaired) electrons.